The van der Waals surface area contributed by atoms with Crippen molar-refractivity contribution >= 4 is 22.9 Å². The van der Waals surface area contributed by atoms with Gasteiger partial charge in [0.15, 0.2) is 0 Å². The topological polar surface area (TPSA) is 27.0 Å². The molecule has 2 heterocycles. The Morgan fingerprint density at radius 2 is 2.19 bits per heavy atom. The first-order valence-electron chi connectivity index (χ1n) is 5.49. The maximum Gasteiger partial charge on any atom is 0.0931 e. The van der Waals surface area contributed by atoms with Crippen molar-refractivity contribution in [2.24, 2.45) is 5.41 Å². The zero-order valence-corrected chi connectivity index (χ0v) is 10.9. The molecule has 0 aliphatic carbocycles. The highest BCUT2D eigenvalue weighted by Gasteiger charge is 2.29. The summed E-state index contributed by atoms with van der Waals surface area (Å²) in [5, 5.41) is 9.05. The van der Waals surface area contributed by atoms with Gasteiger partial charge in [-0.25, -0.2) is 0 Å². The first-order chi connectivity index (χ1) is 7.61. The van der Waals surface area contributed by atoms with Gasteiger partial charge in [0.1, 0.15) is 0 Å². The second-order valence-electron chi connectivity index (χ2n) is 4.65. The third-order valence-corrected chi connectivity index (χ3v) is 4.45. The van der Waals surface area contributed by atoms with E-state index in [0.29, 0.717) is 0 Å². The average molecular weight is 255 g/mol. The lowest BCUT2D eigenvalue weighted by Crippen LogP contribution is -2.37. The van der Waals surface area contributed by atoms with Crippen LogP contribution in [0.5, 0.6) is 0 Å². The van der Waals surface area contributed by atoms with Gasteiger partial charge in [-0.3, -0.25) is 4.90 Å². The van der Waals surface area contributed by atoms with Crippen molar-refractivity contribution in [1.29, 1.82) is 5.26 Å². The van der Waals surface area contributed by atoms with Crippen LogP contribution in [-0.4, -0.2) is 18.0 Å². The monoisotopic (exact) mass is 254 g/mol. The van der Waals surface area contributed by atoms with Gasteiger partial charge in [0, 0.05) is 24.5 Å². The fraction of sp³-hybridized carbons (Fsp3) is 0.583. The molecule has 0 amide bonds. The van der Waals surface area contributed by atoms with Crippen molar-refractivity contribution in [2.45, 2.75) is 26.3 Å². The van der Waals surface area contributed by atoms with Crippen molar-refractivity contribution in [1.82, 2.24) is 4.90 Å². The number of hydrogen-bond acceptors (Lipinski definition) is 3. The molecule has 1 fully saturated rings. The summed E-state index contributed by atoms with van der Waals surface area (Å²) in [5.41, 5.74) is -0.108. The van der Waals surface area contributed by atoms with Crippen LogP contribution in [0.4, 0.5) is 0 Å². The molecule has 16 heavy (non-hydrogen) atoms. The van der Waals surface area contributed by atoms with Crippen LogP contribution in [0.25, 0.3) is 0 Å². The predicted molar refractivity (Wildman–Crippen MR) is 67.6 cm³/mol. The van der Waals surface area contributed by atoms with Gasteiger partial charge < -0.3 is 0 Å². The minimum absolute atomic E-state index is 0.108. The number of rotatable bonds is 2. The Labute approximate surface area is 105 Å². The second kappa shape index (κ2) is 4.75. The Hall–Kier alpha value is -0.560. The number of halogens is 1. The van der Waals surface area contributed by atoms with Gasteiger partial charge in [-0.05, 0) is 31.9 Å². The SMILES string of the molecule is CC1(C#N)CCN(Cc2ccc(Cl)s2)CC1. The zero-order valence-electron chi connectivity index (χ0n) is 9.37. The van der Waals surface area contributed by atoms with Gasteiger partial charge >= 0.3 is 0 Å². The van der Waals surface area contributed by atoms with E-state index in [4.69, 9.17) is 16.9 Å². The number of thiophene rings is 1. The number of likely N-dealkylation sites (tertiary alicyclic amines) is 1. The fourth-order valence-corrected chi connectivity index (χ4v) is 3.10. The minimum Gasteiger partial charge on any atom is -0.298 e. The van der Waals surface area contributed by atoms with Crippen molar-refractivity contribution in [3.05, 3.63) is 21.3 Å². The third-order valence-electron chi connectivity index (χ3n) is 3.24. The summed E-state index contributed by atoms with van der Waals surface area (Å²) in [6.45, 7) is 5.06. The van der Waals surface area contributed by atoms with Crippen molar-refractivity contribution in [2.75, 3.05) is 13.1 Å². The van der Waals surface area contributed by atoms with Gasteiger partial charge in [-0.2, -0.15) is 5.26 Å². The Balaban J connectivity index is 1.89. The maximum absolute atomic E-state index is 9.05. The summed E-state index contributed by atoms with van der Waals surface area (Å²) in [6, 6.07) is 6.46. The normalized spacial score (nSPS) is 20.6. The third kappa shape index (κ3) is 2.76. The van der Waals surface area contributed by atoms with Gasteiger partial charge in [-0.15, -0.1) is 11.3 Å². The van der Waals surface area contributed by atoms with Crippen LogP contribution in [0, 0.1) is 16.7 Å². The minimum atomic E-state index is -0.108. The van der Waals surface area contributed by atoms with E-state index in [0.717, 1.165) is 36.8 Å². The zero-order chi connectivity index (χ0) is 11.6. The van der Waals surface area contributed by atoms with Crippen molar-refractivity contribution in [3.63, 3.8) is 0 Å². The van der Waals surface area contributed by atoms with Gasteiger partial charge in [0.25, 0.3) is 0 Å². The molecular weight excluding hydrogens is 240 g/mol. The number of nitrogens with zero attached hydrogens (tertiary/aromatic N) is 2. The van der Waals surface area contributed by atoms with Crippen LogP contribution in [0.15, 0.2) is 12.1 Å². The lowest BCUT2D eigenvalue weighted by molar-refractivity contribution is 0.151. The molecule has 1 saturated heterocycles. The van der Waals surface area contributed by atoms with E-state index < -0.39 is 0 Å². The first kappa shape index (κ1) is 11.9. The number of nitriles is 1. The second-order valence-corrected chi connectivity index (χ2v) is 6.45. The van der Waals surface area contributed by atoms with E-state index in [1.54, 1.807) is 11.3 Å². The quantitative estimate of drug-likeness (QED) is 0.807. The molecule has 0 bridgehead atoms. The number of piperidine rings is 1. The van der Waals surface area contributed by atoms with Crippen LogP contribution >= 0.6 is 22.9 Å². The highest BCUT2D eigenvalue weighted by molar-refractivity contribution is 7.16. The van der Waals surface area contributed by atoms with Crippen molar-refractivity contribution < 1.29 is 0 Å². The number of hydrogen-bond donors (Lipinski definition) is 0. The average Bonchev–Trinajstić information content (AvgIpc) is 2.68. The molecule has 1 aliphatic heterocycles. The highest BCUT2D eigenvalue weighted by Crippen LogP contribution is 2.31. The molecule has 0 saturated carbocycles. The molecule has 1 aliphatic rings. The fourth-order valence-electron chi connectivity index (χ4n) is 1.97. The van der Waals surface area contributed by atoms with Crippen molar-refractivity contribution in [3.8, 4) is 6.07 Å². The molecule has 0 N–H and O–H groups in total. The van der Waals surface area contributed by atoms with Crippen LogP contribution < -0.4 is 0 Å². The van der Waals surface area contributed by atoms with E-state index in [9.17, 15) is 0 Å². The molecular formula is C12H15ClN2S. The van der Waals surface area contributed by atoms with E-state index in [1.165, 1.54) is 4.88 Å². The predicted octanol–water partition coefficient (Wildman–Crippen LogP) is 3.53. The molecule has 1 aromatic heterocycles. The molecule has 4 heteroatoms. The molecule has 86 valence electrons. The van der Waals surface area contributed by atoms with Gasteiger partial charge in [0.2, 0.25) is 0 Å². The van der Waals surface area contributed by atoms with Crippen LogP contribution in [0.3, 0.4) is 0 Å². The summed E-state index contributed by atoms with van der Waals surface area (Å²) in [6.07, 6.45) is 1.95. The van der Waals surface area contributed by atoms with Gasteiger partial charge in [-0.1, -0.05) is 11.6 Å². The van der Waals surface area contributed by atoms with Gasteiger partial charge in [0.05, 0.1) is 15.8 Å². The maximum atomic E-state index is 9.05. The summed E-state index contributed by atoms with van der Waals surface area (Å²) < 4.78 is 0.855. The summed E-state index contributed by atoms with van der Waals surface area (Å²) in [4.78, 5) is 3.71. The lowest BCUT2D eigenvalue weighted by Gasteiger charge is -2.34. The molecule has 0 radical (unpaired) electrons. The molecule has 0 unspecified atom stereocenters. The first-order valence-corrected chi connectivity index (χ1v) is 6.69. The molecule has 1 aromatic rings. The van der Waals surface area contributed by atoms with E-state index in [2.05, 4.69) is 24.0 Å². The molecule has 2 nitrogen and oxygen atoms in total. The summed E-state index contributed by atoms with van der Waals surface area (Å²) >= 11 is 7.55. The summed E-state index contributed by atoms with van der Waals surface area (Å²) in [5.74, 6) is 0. The highest BCUT2D eigenvalue weighted by atomic mass is 35.5. The smallest absolute Gasteiger partial charge is 0.0931 e. The van der Waals surface area contributed by atoms with E-state index in [-0.39, 0.29) is 5.41 Å². The van der Waals surface area contributed by atoms with Crippen LogP contribution in [0.2, 0.25) is 4.34 Å². The Bertz CT molecular complexity index is 399. The van der Waals surface area contributed by atoms with Crippen LogP contribution in [0.1, 0.15) is 24.6 Å². The lowest BCUT2D eigenvalue weighted by atomic mass is 9.82. The largest absolute Gasteiger partial charge is 0.298 e. The van der Waals surface area contributed by atoms with E-state index >= 15 is 0 Å². The Kier molecular flexibility index (Phi) is 3.53. The standard InChI is InChI=1S/C12H15ClN2S/c1-12(9-14)4-6-15(7-5-12)8-10-2-3-11(13)16-10/h2-3H,4-8H2,1H3. The summed E-state index contributed by atoms with van der Waals surface area (Å²) in [7, 11) is 0. The van der Waals surface area contributed by atoms with E-state index in [1.807, 2.05) is 6.07 Å². The van der Waals surface area contributed by atoms with Crippen LogP contribution in [-0.2, 0) is 6.54 Å². The molecule has 0 spiro atoms. The molecule has 0 aromatic carbocycles. The Morgan fingerprint density at radius 1 is 1.50 bits per heavy atom. The molecule has 0 atom stereocenters. The Morgan fingerprint density at radius 3 is 2.69 bits per heavy atom. The molecule has 2 rings (SSSR count).